The molecule has 0 aliphatic rings. The van der Waals surface area contributed by atoms with Crippen molar-refractivity contribution in [1.82, 2.24) is 0 Å². The second-order valence-electron chi connectivity index (χ2n) is 4.51. The monoisotopic (exact) mass is 306 g/mol. The molecule has 0 spiro atoms. The van der Waals surface area contributed by atoms with E-state index >= 15 is 0 Å². The average Bonchev–Trinajstić information content (AvgIpc) is 1.96. The lowest BCUT2D eigenvalue weighted by atomic mass is 10.00. The van der Waals surface area contributed by atoms with Gasteiger partial charge < -0.3 is 19.6 Å². The number of rotatable bonds is 4. The van der Waals surface area contributed by atoms with Crippen LogP contribution in [-0.4, -0.2) is 35.8 Å². The molecule has 0 aliphatic carbocycles. The molecular formula is C7H16O7P2S. The number of carbonyl (C=O) groups is 1. The molecule has 7 nitrogen and oxygen atoms in total. The molecule has 4 N–H and O–H groups in total. The zero-order chi connectivity index (χ0) is 14.1. The van der Waals surface area contributed by atoms with Gasteiger partial charge in [0.1, 0.15) is 0 Å². The fourth-order valence-corrected chi connectivity index (χ4v) is 5.06. The smallest absolute Gasteiger partial charge is 0.324 e. The van der Waals surface area contributed by atoms with Gasteiger partial charge in [0.25, 0.3) is 0 Å². The number of hydrogen-bond acceptors (Lipinski definition) is 4. The summed E-state index contributed by atoms with van der Waals surface area (Å²) in [5.74, 6) is -0.606. The van der Waals surface area contributed by atoms with Crippen LogP contribution < -0.4 is 0 Å². The molecule has 0 bridgehead atoms. The summed E-state index contributed by atoms with van der Waals surface area (Å²) in [4.78, 5) is 46.8. The minimum absolute atomic E-state index is 0.385. The van der Waals surface area contributed by atoms with Crippen molar-refractivity contribution in [3.8, 4) is 0 Å². The first kappa shape index (κ1) is 17.3. The summed E-state index contributed by atoms with van der Waals surface area (Å²) in [6.45, 7) is 4.81. The van der Waals surface area contributed by atoms with Gasteiger partial charge in [-0.15, -0.1) is 0 Å². The fraction of sp³-hybridized carbons (Fsp3) is 0.857. The van der Waals surface area contributed by atoms with E-state index in [1.54, 1.807) is 20.8 Å². The normalized spacial score (nSPS) is 14.1. The first-order valence-electron chi connectivity index (χ1n) is 4.54. The Morgan fingerprint density at radius 2 is 1.47 bits per heavy atom. The molecule has 0 rings (SSSR count). The van der Waals surface area contributed by atoms with Gasteiger partial charge in [-0.3, -0.25) is 13.9 Å². The molecule has 0 unspecified atom stereocenters. The van der Waals surface area contributed by atoms with E-state index in [4.69, 9.17) is 19.6 Å². The van der Waals surface area contributed by atoms with Gasteiger partial charge in [-0.1, -0.05) is 32.5 Å². The van der Waals surface area contributed by atoms with Gasteiger partial charge in [0, 0.05) is 11.2 Å². The Morgan fingerprint density at radius 1 is 1.12 bits per heavy atom. The summed E-state index contributed by atoms with van der Waals surface area (Å²) in [5.41, 5.74) is -0.737. The highest BCUT2D eigenvalue weighted by molar-refractivity contribution is 8.14. The third kappa shape index (κ3) is 6.15. The van der Waals surface area contributed by atoms with Crippen molar-refractivity contribution >= 4 is 32.1 Å². The topological polar surface area (TPSA) is 132 Å². The van der Waals surface area contributed by atoms with E-state index in [2.05, 4.69) is 0 Å². The Morgan fingerprint density at radius 3 is 1.71 bits per heavy atom. The van der Waals surface area contributed by atoms with E-state index in [9.17, 15) is 13.9 Å². The lowest BCUT2D eigenvalue weighted by molar-refractivity contribution is -0.117. The molecule has 0 atom stereocenters. The summed E-state index contributed by atoms with van der Waals surface area (Å²) in [7, 11) is -9.88. The first-order chi connectivity index (χ1) is 7.26. The van der Waals surface area contributed by atoms with E-state index < -0.39 is 31.8 Å². The zero-order valence-electron chi connectivity index (χ0n) is 9.60. The van der Waals surface area contributed by atoms with Crippen molar-refractivity contribution in [3.05, 3.63) is 0 Å². The zero-order valence-corrected chi connectivity index (χ0v) is 12.2. The molecule has 0 aliphatic heterocycles. The number of carbonyl (C=O) groups excluding carboxylic acids is 1. The average molecular weight is 306 g/mol. The quantitative estimate of drug-likeness (QED) is 0.565. The maximum Gasteiger partial charge on any atom is 0.341 e. The van der Waals surface area contributed by atoms with Crippen LogP contribution in [0.25, 0.3) is 0 Å². The Kier molecular flexibility index (Phi) is 5.63. The highest BCUT2D eigenvalue weighted by atomic mass is 32.2. The van der Waals surface area contributed by atoms with Crippen LogP contribution in [0.3, 0.4) is 0 Å². The second-order valence-corrected chi connectivity index (χ2v) is 9.51. The molecule has 102 valence electrons. The van der Waals surface area contributed by atoms with Crippen LogP contribution in [0.5, 0.6) is 0 Å². The molecule has 0 saturated heterocycles. The van der Waals surface area contributed by atoms with E-state index in [1.165, 1.54) is 0 Å². The summed E-state index contributed by atoms with van der Waals surface area (Å²) >= 11 is 0.522. The van der Waals surface area contributed by atoms with Crippen LogP contribution in [0.15, 0.2) is 0 Å². The summed E-state index contributed by atoms with van der Waals surface area (Å²) in [6, 6.07) is 0. The van der Waals surface area contributed by atoms with E-state index in [1.807, 2.05) is 0 Å². The van der Waals surface area contributed by atoms with Crippen LogP contribution in [0.1, 0.15) is 20.8 Å². The van der Waals surface area contributed by atoms with Crippen molar-refractivity contribution in [2.24, 2.45) is 5.41 Å². The first-order valence-corrected chi connectivity index (χ1v) is 8.89. The van der Waals surface area contributed by atoms with Crippen molar-refractivity contribution in [2.75, 3.05) is 5.75 Å². The van der Waals surface area contributed by atoms with Crippen molar-refractivity contribution in [1.29, 1.82) is 0 Å². The molecule has 0 heterocycles. The highest BCUT2D eigenvalue weighted by Gasteiger charge is 2.44. The predicted molar refractivity (Wildman–Crippen MR) is 64.8 cm³/mol. The third-order valence-corrected chi connectivity index (χ3v) is 7.34. The Hall–Kier alpha value is 0.320. The lowest BCUT2D eigenvalue weighted by Crippen LogP contribution is -2.20. The second kappa shape index (κ2) is 5.53. The van der Waals surface area contributed by atoms with Crippen molar-refractivity contribution in [3.63, 3.8) is 0 Å². The molecule has 0 fully saturated rings. The molecular weight excluding hydrogens is 290 g/mol. The lowest BCUT2D eigenvalue weighted by Gasteiger charge is -2.21. The van der Waals surface area contributed by atoms with Gasteiger partial charge >= 0.3 is 15.2 Å². The van der Waals surface area contributed by atoms with Gasteiger partial charge in [0.2, 0.25) is 0 Å². The Bertz CT molecular complexity index is 354. The Balaban J connectivity index is 4.79. The minimum Gasteiger partial charge on any atom is -0.324 e. The Labute approximate surface area is 103 Å². The predicted octanol–water partition coefficient (Wildman–Crippen LogP) is 0.974. The number of thioether (sulfide) groups is 1. The van der Waals surface area contributed by atoms with Crippen molar-refractivity contribution < 1.29 is 33.5 Å². The maximum atomic E-state index is 11.5. The SMILES string of the molecule is CC(C)(C)C(=O)SCC(P(=O)(O)O)P(=O)(O)O. The van der Waals surface area contributed by atoms with E-state index in [-0.39, 0.29) is 5.12 Å². The molecule has 17 heavy (non-hydrogen) atoms. The van der Waals surface area contributed by atoms with Gasteiger partial charge in [-0.2, -0.15) is 0 Å². The fourth-order valence-electron chi connectivity index (χ4n) is 0.757. The highest BCUT2D eigenvalue weighted by Crippen LogP contribution is 2.60. The molecule has 10 heteroatoms. The van der Waals surface area contributed by atoms with Crippen LogP contribution in [0, 0.1) is 5.41 Å². The van der Waals surface area contributed by atoms with Gasteiger partial charge in [0.05, 0.1) is 0 Å². The summed E-state index contributed by atoms with van der Waals surface area (Å²) in [5, 5.41) is -2.52. The molecule has 0 radical (unpaired) electrons. The molecule has 0 aromatic carbocycles. The maximum absolute atomic E-state index is 11.5. The molecule has 0 saturated carbocycles. The van der Waals surface area contributed by atoms with Crippen LogP contribution >= 0.6 is 27.0 Å². The van der Waals surface area contributed by atoms with Crippen LogP contribution in [0.4, 0.5) is 0 Å². The van der Waals surface area contributed by atoms with Crippen LogP contribution in [-0.2, 0) is 13.9 Å². The minimum atomic E-state index is -4.94. The number of hydrogen-bond donors (Lipinski definition) is 4. The molecule has 0 amide bonds. The molecule has 0 aromatic heterocycles. The van der Waals surface area contributed by atoms with Gasteiger partial charge in [-0.05, 0) is 0 Å². The van der Waals surface area contributed by atoms with E-state index in [0.29, 0.717) is 11.8 Å². The van der Waals surface area contributed by atoms with Gasteiger partial charge in [-0.25, -0.2) is 0 Å². The third-order valence-electron chi connectivity index (χ3n) is 1.75. The summed E-state index contributed by atoms with van der Waals surface area (Å²) in [6.07, 6.45) is 0. The molecule has 0 aromatic rings. The van der Waals surface area contributed by atoms with Gasteiger partial charge in [0.15, 0.2) is 10.5 Å². The van der Waals surface area contributed by atoms with E-state index in [0.717, 1.165) is 0 Å². The van der Waals surface area contributed by atoms with Crippen molar-refractivity contribution in [2.45, 2.75) is 26.2 Å². The van der Waals surface area contributed by atoms with Crippen LogP contribution in [0.2, 0.25) is 0 Å². The standard InChI is InChI=1S/C7H16O7P2S/c1-7(2,3)6(8)17-4-5(15(9,10)11)16(12,13)14/h5H,4H2,1-3H3,(H2,9,10,11)(H2,12,13,14). The largest absolute Gasteiger partial charge is 0.341 e. The summed E-state index contributed by atoms with van der Waals surface area (Å²) < 4.78 is 21.8.